The second-order valence-corrected chi connectivity index (χ2v) is 5.11. The Kier molecular flexibility index (Phi) is 4.93. The van der Waals surface area contributed by atoms with Crippen molar-refractivity contribution in [3.05, 3.63) is 53.2 Å². The largest absolute Gasteiger partial charge is 0.370 e. The molecule has 0 aliphatic carbocycles. The van der Waals surface area contributed by atoms with Crippen LogP contribution < -0.4 is 10.6 Å². The van der Waals surface area contributed by atoms with Gasteiger partial charge in [-0.05, 0) is 44.0 Å². The lowest BCUT2D eigenvalue weighted by Crippen LogP contribution is -2.15. The lowest BCUT2D eigenvalue weighted by atomic mass is 10.1. The van der Waals surface area contributed by atoms with Gasteiger partial charge < -0.3 is 10.6 Å². The molecule has 1 amide bonds. The first-order chi connectivity index (χ1) is 10.1. The number of pyridine rings is 1. The molecular formula is C17H21N3O. The van der Waals surface area contributed by atoms with Gasteiger partial charge in [0.15, 0.2) is 0 Å². The highest BCUT2D eigenvalue weighted by Crippen LogP contribution is 2.17. The van der Waals surface area contributed by atoms with Gasteiger partial charge in [0.2, 0.25) is 0 Å². The molecule has 0 radical (unpaired) electrons. The molecule has 0 aliphatic rings. The normalized spacial score (nSPS) is 10.2. The Balaban J connectivity index is 2.12. The summed E-state index contributed by atoms with van der Waals surface area (Å²) in [6, 6.07) is 11.4. The minimum Gasteiger partial charge on any atom is -0.370 e. The van der Waals surface area contributed by atoms with Gasteiger partial charge >= 0.3 is 0 Å². The van der Waals surface area contributed by atoms with Gasteiger partial charge in [0.1, 0.15) is 11.5 Å². The quantitative estimate of drug-likeness (QED) is 0.878. The molecule has 0 atom stereocenters. The second-order valence-electron chi connectivity index (χ2n) is 5.11. The molecule has 0 unspecified atom stereocenters. The molecule has 0 bridgehead atoms. The van der Waals surface area contributed by atoms with Crippen molar-refractivity contribution in [3.8, 4) is 0 Å². The molecule has 0 aliphatic heterocycles. The van der Waals surface area contributed by atoms with E-state index in [4.69, 9.17) is 0 Å². The van der Waals surface area contributed by atoms with Crippen LogP contribution in [0.15, 0.2) is 36.4 Å². The highest BCUT2D eigenvalue weighted by Gasteiger charge is 2.09. The number of anilines is 2. The first-order valence-electron chi connectivity index (χ1n) is 7.19. The molecule has 21 heavy (non-hydrogen) atoms. The van der Waals surface area contributed by atoms with Gasteiger partial charge in [-0.15, -0.1) is 0 Å². The third-order valence-corrected chi connectivity index (χ3v) is 3.17. The number of carbonyl (C=O) groups is 1. The van der Waals surface area contributed by atoms with E-state index in [1.807, 2.05) is 44.2 Å². The number of aryl methyl sites for hydroxylation is 2. The van der Waals surface area contributed by atoms with E-state index in [0.717, 1.165) is 30.0 Å². The maximum atomic E-state index is 12.3. The van der Waals surface area contributed by atoms with Gasteiger partial charge in [-0.1, -0.05) is 30.7 Å². The molecule has 4 nitrogen and oxygen atoms in total. The number of aromatic nitrogens is 1. The summed E-state index contributed by atoms with van der Waals surface area (Å²) in [5.41, 5.74) is 3.45. The average Bonchev–Trinajstić information content (AvgIpc) is 2.48. The zero-order valence-electron chi connectivity index (χ0n) is 12.7. The van der Waals surface area contributed by atoms with E-state index in [9.17, 15) is 4.79 Å². The number of carbonyl (C=O) groups excluding carboxylic acids is 1. The summed E-state index contributed by atoms with van der Waals surface area (Å²) in [5.74, 6) is 0.534. The predicted molar refractivity (Wildman–Crippen MR) is 86.9 cm³/mol. The standard InChI is InChI=1S/C17H21N3O/c1-4-10-18-16-7-5-6-15(19-16)17(21)20-14-9-8-12(2)11-13(14)3/h5-9,11H,4,10H2,1-3H3,(H,18,19)(H,20,21). The predicted octanol–water partition coefficient (Wildman–Crippen LogP) is 3.77. The van der Waals surface area contributed by atoms with Crippen molar-refractivity contribution >= 4 is 17.4 Å². The lowest BCUT2D eigenvalue weighted by Gasteiger charge is -2.10. The van der Waals surface area contributed by atoms with Gasteiger partial charge in [-0.2, -0.15) is 0 Å². The Hall–Kier alpha value is -2.36. The van der Waals surface area contributed by atoms with Crippen molar-refractivity contribution in [1.82, 2.24) is 4.98 Å². The molecule has 0 saturated heterocycles. The van der Waals surface area contributed by atoms with E-state index in [-0.39, 0.29) is 5.91 Å². The topological polar surface area (TPSA) is 54.0 Å². The first kappa shape index (κ1) is 15.0. The summed E-state index contributed by atoms with van der Waals surface area (Å²) in [6.45, 7) is 6.94. The molecule has 0 saturated carbocycles. The Morgan fingerprint density at radius 1 is 1.19 bits per heavy atom. The molecule has 2 aromatic rings. The molecule has 110 valence electrons. The summed E-state index contributed by atoms with van der Waals surface area (Å²) in [6.07, 6.45) is 1.01. The third kappa shape index (κ3) is 4.05. The summed E-state index contributed by atoms with van der Waals surface area (Å²) in [5, 5.41) is 6.09. The zero-order valence-corrected chi connectivity index (χ0v) is 12.7. The molecule has 0 fully saturated rings. The number of nitrogens with zero attached hydrogens (tertiary/aromatic N) is 1. The van der Waals surface area contributed by atoms with Crippen LogP contribution in [0.1, 0.15) is 35.0 Å². The summed E-state index contributed by atoms with van der Waals surface area (Å²) >= 11 is 0. The Bertz CT molecular complexity index is 638. The molecule has 2 N–H and O–H groups in total. The fourth-order valence-electron chi connectivity index (χ4n) is 2.05. The van der Waals surface area contributed by atoms with Crippen molar-refractivity contribution in [2.75, 3.05) is 17.2 Å². The van der Waals surface area contributed by atoms with Gasteiger partial charge in [0.25, 0.3) is 5.91 Å². The van der Waals surface area contributed by atoms with Gasteiger partial charge in [-0.3, -0.25) is 4.79 Å². The maximum Gasteiger partial charge on any atom is 0.274 e. The van der Waals surface area contributed by atoms with Crippen LogP contribution in [0.5, 0.6) is 0 Å². The van der Waals surface area contributed by atoms with Gasteiger partial charge in [-0.25, -0.2) is 4.98 Å². The van der Waals surface area contributed by atoms with Gasteiger partial charge in [0.05, 0.1) is 0 Å². The van der Waals surface area contributed by atoms with E-state index in [1.165, 1.54) is 5.56 Å². The van der Waals surface area contributed by atoms with Crippen molar-refractivity contribution in [2.45, 2.75) is 27.2 Å². The average molecular weight is 283 g/mol. The first-order valence-corrected chi connectivity index (χ1v) is 7.19. The minimum absolute atomic E-state index is 0.192. The fraction of sp³-hybridized carbons (Fsp3) is 0.294. The van der Waals surface area contributed by atoms with Crippen molar-refractivity contribution < 1.29 is 4.79 Å². The molecule has 1 heterocycles. The molecular weight excluding hydrogens is 262 g/mol. The molecule has 1 aromatic heterocycles. The van der Waals surface area contributed by atoms with Crippen LogP contribution in [0.3, 0.4) is 0 Å². The number of amides is 1. The van der Waals surface area contributed by atoms with E-state index >= 15 is 0 Å². The molecule has 1 aromatic carbocycles. The smallest absolute Gasteiger partial charge is 0.274 e. The summed E-state index contributed by atoms with van der Waals surface area (Å²) in [4.78, 5) is 16.6. The van der Waals surface area contributed by atoms with Crippen LogP contribution in [0.25, 0.3) is 0 Å². The van der Waals surface area contributed by atoms with Gasteiger partial charge in [0, 0.05) is 12.2 Å². The number of benzene rings is 1. The summed E-state index contributed by atoms with van der Waals surface area (Å²) in [7, 11) is 0. The second kappa shape index (κ2) is 6.88. The van der Waals surface area contributed by atoms with Crippen LogP contribution in [0.4, 0.5) is 11.5 Å². The van der Waals surface area contributed by atoms with Crippen molar-refractivity contribution in [1.29, 1.82) is 0 Å². The van der Waals surface area contributed by atoms with E-state index < -0.39 is 0 Å². The van der Waals surface area contributed by atoms with Crippen LogP contribution in [0.2, 0.25) is 0 Å². The number of hydrogen-bond acceptors (Lipinski definition) is 3. The zero-order chi connectivity index (χ0) is 15.2. The van der Waals surface area contributed by atoms with E-state index in [0.29, 0.717) is 5.69 Å². The highest BCUT2D eigenvalue weighted by molar-refractivity contribution is 6.03. The third-order valence-electron chi connectivity index (χ3n) is 3.17. The maximum absolute atomic E-state index is 12.3. The highest BCUT2D eigenvalue weighted by atomic mass is 16.1. The lowest BCUT2D eigenvalue weighted by molar-refractivity contribution is 0.102. The molecule has 2 rings (SSSR count). The number of hydrogen-bond donors (Lipinski definition) is 2. The Morgan fingerprint density at radius 2 is 2.00 bits per heavy atom. The monoisotopic (exact) mass is 283 g/mol. The van der Waals surface area contributed by atoms with Crippen LogP contribution in [0, 0.1) is 13.8 Å². The number of rotatable bonds is 5. The summed E-state index contributed by atoms with van der Waals surface area (Å²) < 4.78 is 0. The van der Waals surface area contributed by atoms with Crippen molar-refractivity contribution in [2.24, 2.45) is 0 Å². The SMILES string of the molecule is CCCNc1cccc(C(=O)Nc2ccc(C)cc2C)n1. The van der Waals surface area contributed by atoms with Crippen LogP contribution >= 0.6 is 0 Å². The molecule has 4 heteroatoms. The Labute approximate surface area is 125 Å². The van der Waals surface area contributed by atoms with Crippen molar-refractivity contribution in [3.63, 3.8) is 0 Å². The molecule has 0 spiro atoms. The van der Waals surface area contributed by atoms with Crippen LogP contribution in [-0.4, -0.2) is 17.4 Å². The minimum atomic E-state index is -0.192. The Morgan fingerprint density at radius 3 is 2.71 bits per heavy atom. The fourth-order valence-corrected chi connectivity index (χ4v) is 2.05. The number of nitrogens with one attached hydrogen (secondary N) is 2. The van der Waals surface area contributed by atoms with E-state index in [1.54, 1.807) is 6.07 Å². The van der Waals surface area contributed by atoms with E-state index in [2.05, 4.69) is 22.5 Å². The van der Waals surface area contributed by atoms with Crippen LogP contribution in [-0.2, 0) is 0 Å².